The highest BCUT2D eigenvalue weighted by atomic mass is 32.2. The van der Waals surface area contributed by atoms with E-state index in [-0.39, 0.29) is 6.04 Å². The zero-order valence-corrected chi connectivity index (χ0v) is 11.7. The average molecular weight is 279 g/mol. The Bertz CT molecular complexity index is 628. The Morgan fingerprint density at radius 1 is 1.42 bits per heavy atom. The SMILES string of the molecule is COc1ccc2nc(N)n(C3CCS(=O)CC3)c2c1. The first-order valence-corrected chi connectivity index (χ1v) is 7.84. The zero-order chi connectivity index (χ0) is 13.4. The molecular formula is C13H17N3O2S. The second kappa shape index (κ2) is 4.85. The number of hydrogen-bond acceptors (Lipinski definition) is 4. The Kier molecular flexibility index (Phi) is 3.18. The largest absolute Gasteiger partial charge is 0.497 e. The van der Waals surface area contributed by atoms with Crippen LogP contribution < -0.4 is 10.5 Å². The molecule has 0 atom stereocenters. The van der Waals surface area contributed by atoms with Gasteiger partial charge in [-0.2, -0.15) is 0 Å². The van der Waals surface area contributed by atoms with Gasteiger partial charge < -0.3 is 15.0 Å². The van der Waals surface area contributed by atoms with Crippen LogP contribution in [0, 0.1) is 0 Å². The van der Waals surface area contributed by atoms with Crippen LogP contribution >= 0.6 is 0 Å². The van der Waals surface area contributed by atoms with E-state index < -0.39 is 10.8 Å². The lowest BCUT2D eigenvalue weighted by Crippen LogP contribution is -2.22. The van der Waals surface area contributed by atoms with E-state index >= 15 is 0 Å². The normalized spacial score (nSPS) is 23.6. The van der Waals surface area contributed by atoms with E-state index in [0.717, 1.165) is 41.1 Å². The molecule has 1 fully saturated rings. The molecule has 3 rings (SSSR count). The highest BCUT2D eigenvalue weighted by molar-refractivity contribution is 7.85. The lowest BCUT2D eigenvalue weighted by molar-refractivity contribution is 0.414. The third kappa shape index (κ3) is 2.20. The molecule has 1 aromatic carbocycles. The van der Waals surface area contributed by atoms with Crippen LogP contribution in [0.3, 0.4) is 0 Å². The maximum Gasteiger partial charge on any atom is 0.201 e. The quantitative estimate of drug-likeness (QED) is 0.908. The molecule has 5 nitrogen and oxygen atoms in total. The van der Waals surface area contributed by atoms with Crippen molar-refractivity contribution in [2.75, 3.05) is 24.3 Å². The number of fused-ring (bicyclic) bond motifs is 1. The van der Waals surface area contributed by atoms with Crippen molar-refractivity contribution >= 4 is 27.8 Å². The number of aromatic nitrogens is 2. The van der Waals surface area contributed by atoms with Gasteiger partial charge in [-0.15, -0.1) is 0 Å². The monoisotopic (exact) mass is 279 g/mol. The second-order valence-corrected chi connectivity index (χ2v) is 6.47. The number of rotatable bonds is 2. The number of nitrogens with two attached hydrogens (primary N) is 1. The maximum absolute atomic E-state index is 11.5. The van der Waals surface area contributed by atoms with Crippen molar-refractivity contribution in [2.45, 2.75) is 18.9 Å². The van der Waals surface area contributed by atoms with Crippen molar-refractivity contribution in [1.82, 2.24) is 9.55 Å². The minimum Gasteiger partial charge on any atom is -0.497 e. The molecule has 102 valence electrons. The number of benzene rings is 1. The number of methoxy groups -OCH3 is 1. The molecule has 0 saturated carbocycles. The van der Waals surface area contributed by atoms with Gasteiger partial charge in [0.2, 0.25) is 5.95 Å². The summed E-state index contributed by atoms with van der Waals surface area (Å²) < 4.78 is 18.8. The standard InChI is InChI=1S/C13H17N3O2S/c1-18-10-2-3-11-12(8-10)16(13(14)15-11)9-4-6-19(17)7-5-9/h2-3,8-9H,4-7H2,1H3,(H2,14,15). The molecule has 0 spiro atoms. The molecule has 2 heterocycles. The van der Waals surface area contributed by atoms with Gasteiger partial charge in [-0.05, 0) is 25.0 Å². The summed E-state index contributed by atoms with van der Waals surface area (Å²) in [6.45, 7) is 0. The van der Waals surface area contributed by atoms with E-state index in [9.17, 15) is 4.21 Å². The fourth-order valence-electron chi connectivity index (χ4n) is 2.64. The summed E-state index contributed by atoms with van der Waals surface area (Å²) in [5, 5.41) is 0. The second-order valence-electron chi connectivity index (χ2n) is 4.77. The van der Waals surface area contributed by atoms with Crippen LogP contribution in [0.15, 0.2) is 18.2 Å². The third-order valence-electron chi connectivity index (χ3n) is 3.65. The van der Waals surface area contributed by atoms with Gasteiger partial charge in [-0.1, -0.05) is 0 Å². The van der Waals surface area contributed by atoms with Crippen LogP contribution in [-0.4, -0.2) is 32.4 Å². The lowest BCUT2D eigenvalue weighted by atomic mass is 10.1. The summed E-state index contributed by atoms with van der Waals surface area (Å²) in [6, 6.07) is 6.05. The summed E-state index contributed by atoms with van der Waals surface area (Å²) in [4.78, 5) is 4.39. The Morgan fingerprint density at radius 2 is 2.16 bits per heavy atom. The summed E-state index contributed by atoms with van der Waals surface area (Å²) in [6.07, 6.45) is 1.78. The van der Waals surface area contributed by atoms with E-state index in [1.165, 1.54) is 0 Å². The first kappa shape index (κ1) is 12.5. The molecule has 19 heavy (non-hydrogen) atoms. The first-order valence-electron chi connectivity index (χ1n) is 6.35. The van der Waals surface area contributed by atoms with Gasteiger partial charge in [0.25, 0.3) is 0 Å². The van der Waals surface area contributed by atoms with Gasteiger partial charge in [-0.3, -0.25) is 4.21 Å². The number of imidazole rings is 1. The van der Waals surface area contributed by atoms with Gasteiger partial charge in [0.05, 0.1) is 18.1 Å². The van der Waals surface area contributed by atoms with Crippen molar-refractivity contribution in [2.24, 2.45) is 0 Å². The van der Waals surface area contributed by atoms with Crippen LogP contribution in [0.2, 0.25) is 0 Å². The molecule has 6 heteroatoms. The predicted molar refractivity (Wildman–Crippen MR) is 76.8 cm³/mol. The van der Waals surface area contributed by atoms with Gasteiger partial charge in [0.1, 0.15) is 5.75 Å². The van der Waals surface area contributed by atoms with Gasteiger partial charge in [0.15, 0.2) is 0 Å². The number of nitrogen functional groups attached to an aromatic ring is 1. The van der Waals surface area contributed by atoms with Gasteiger partial charge >= 0.3 is 0 Å². The molecule has 0 radical (unpaired) electrons. The molecule has 0 bridgehead atoms. The van der Waals surface area contributed by atoms with Crippen molar-refractivity contribution in [1.29, 1.82) is 0 Å². The molecule has 1 aromatic heterocycles. The fraction of sp³-hybridized carbons (Fsp3) is 0.462. The molecule has 2 aromatic rings. The van der Waals surface area contributed by atoms with E-state index in [4.69, 9.17) is 10.5 Å². The fourth-order valence-corrected chi connectivity index (χ4v) is 3.92. The van der Waals surface area contributed by atoms with E-state index in [0.29, 0.717) is 5.95 Å². The van der Waals surface area contributed by atoms with Crippen molar-refractivity contribution in [3.8, 4) is 5.75 Å². The van der Waals surface area contributed by atoms with E-state index in [1.54, 1.807) is 7.11 Å². The summed E-state index contributed by atoms with van der Waals surface area (Å²) in [7, 11) is 0.980. The third-order valence-corrected chi connectivity index (χ3v) is 5.03. The van der Waals surface area contributed by atoms with Crippen LogP contribution in [0.1, 0.15) is 18.9 Å². The smallest absolute Gasteiger partial charge is 0.201 e. The minimum atomic E-state index is -0.668. The van der Waals surface area contributed by atoms with Gasteiger partial charge in [-0.25, -0.2) is 4.98 Å². The van der Waals surface area contributed by atoms with Crippen LogP contribution in [0.25, 0.3) is 11.0 Å². The van der Waals surface area contributed by atoms with E-state index in [2.05, 4.69) is 9.55 Å². The Morgan fingerprint density at radius 3 is 2.84 bits per heavy atom. The van der Waals surface area contributed by atoms with Gasteiger partial charge in [0, 0.05) is 34.4 Å². The number of anilines is 1. The van der Waals surface area contributed by atoms with Crippen molar-refractivity contribution in [3.05, 3.63) is 18.2 Å². The van der Waals surface area contributed by atoms with Crippen LogP contribution in [0.4, 0.5) is 5.95 Å². The predicted octanol–water partition coefficient (Wildman–Crippen LogP) is 1.71. The molecular weight excluding hydrogens is 262 g/mol. The van der Waals surface area contributed by atoms with Crippen molar-refractivity contribution in [3.63, 3.8) is 0 Å². The zero-order valence-electron chi connectivity index (χ0n) is 10.8. The molecule has 0 unspecified atom stereocenters. The first-order chi connectivity index (χ1) is 9.19. The minimum absolute atomic E-state index is 0.287. The topological polar surface area (TPSA) is 70.1 Å². The molecule has 1 aliphatic heterocycles. The number of hydrogen-bond donors (Lipinski definition) is 1. The molecule has 0 aliphatic carbocycles. The number of nitrogens with zero attached hydrogens (tertiary/aromatic N) is 2. The maximum atomic E-state index is 11.5. The summed E-state index contributed by atoms with van der Waals surface area (Å²) in [5.41, 5.74) is 7.92. The van der Waals surface area contributed by atoms with Crippen molar-refractivity contribution < 1.29 is 8.95 Å². The lowest BCUT2D eigenvalue weighted by Gasteiger charge is -2.24. The Balaban J connectivity index is 2.06. The molecule has 1 aliphatic rings. The molecule has 2 N–H and O–H groups in total. The molecule has 1 saturated heterocycles. The highest BCUT2D eigenvalue weighted by Gasteiger charge is 2.23. The highest BCUT2D eigenvalue weighted by Crippen LogP contribution is 2.31. The van der Waals surface area contributed by atoms with Crippen LogP contribution in [-0.2, 0) is 10.8 Å². The molecule has 0 amide bonds. The summed E-state index contributed by atoms with van der Waals surface area (Å²) >= 11 is 0. The number of ether oxygens (including phenoxy) is 1. The van der Waals surface area contributed by atoms with E-state index in [1.807, 2.05) is 18.2 Å². The average Bonchev–Trinajstić information content (AvgIpc) is 2.75. The Labute approximate surface area is 114 Å². The van der Waals surface area contributed by atoms with Crippen LogP contribution in [0.5, 0.6) is 5.75 Å². The summed E-state index contributed by atoms with van der Waals surface area (Å²) in [5.74, 6) is 2.82. The Hall–Kier alpha value is -1.56.